The molecular formula is C135H128N4OS4. The number of benzene rings is 12. The highest BCUT2D eigenvalue weighted by atomic mass is 32.1. The number of ether oxygens (including phenoxy) is 1. The first-order valence-corrected chi connectivity index (χ1v) is 56.2. The van der Waals surface area contributed by atoms with Gasteiger partial charge in [0.05, 0.1) is 46.1 Å². The van der Waals surface area contributed by atoms with Gasteiger partial charge in [0.15, 0.2) is 0 Å². The Morgan fingerprint density at radius 2 is 0.562 bits per heavy atom. The Balaban J connectivity index is 0.750. The van der Waals surface area contributed by atoms with Crippen LogP contribution in [0.25, 0.3) is 42.9 Å². The minimum Gasteiger partial charge on any atom is -0.492 e. The van der Waals surface area contributed by atoms with Crippen LogP contribution in [-0.2, 0) is 27.1 Å². The molecule has 4 atom stereocenters. The number of aromatic nitrogens is 4. The summed E-state index contributed by atoms with van der Waals surface area (Å²) in [5.74, 6) is 33.3. The van der Waals surface area contributed by atoms with E-state index in [0.717, 1.165) is 101 Å². The number of rotatable bonds is 16. The topological polar surface area (TPSA) is 60.8 Å². The number of hydrogen-bond donors (Lipinski definition) is 0. The number of fused-ring (bicyclic) bond motifs is 2. The molecule has 12 aliphatic rings. The second kappa shape index (κ2) is 35.3. The fourth-order valence-electron chi connectivity index (χ4n) is 25.8. The highest BCUT2D eigenvalue weighted by Gasteiger charge is 2.55. The lowest BCUT2D eigenvalue weighted by molar-refractivity contribution is 0.302. The predicted octanol–water partition coefficient (Wildman–Crippen LogP) is 34.6. The van der Waals surface area contributed by atoms with Crippen molar-refractivity contribution in [2.75, 3.05) is 6.61 Å². The lowest BCUT2D eigenvalue weighted by atomic mass is 9.53. The van der Waals surface area contributed by atoms with Crippen molar-refractivity contribution in [2.45, 2.75) is 290 Å². The molecule has 718 valence electrons. The SMILES string of the molecule is CCCCCCCCCCCCCCOc1c(C)c(C#Cc2c3c(c(C#CC(C)(C)C)c4c2[C@H]2c5ccc(C(C)(C)C)cc5C4c4ccc(C(C)(C)C)cc42)C2c4ccccc4C3c3ccccc32)c2nsnc2c1C#Cc1c2c(c(C#Cc3ccc(-c4ccc(-c5ccc(C(C)(C)C)s5)c5nsnc45)s3)c3c1C1c4cc(C(C)(C)C)ccc4[C@H]3c3cc(C(C)(C)C)ccc31)C1c3ccccc3C2c2ccccc21. The summed E-state index contributed by atoms with van der Waals surface area (Å²) in [6.07, 6.45) is 14.9. The average Bonchev–Trinajstić information content (AvgIpc) is 0.708. The van der Waals surface area contributed by atoms with Crippen LogP contribution in [-0.4, -0.2) is 24.1 Å². The molecule has 0 fully saturated rings. The third-order valence-electron chi connectivity index (χ3n) is 32.9. The molecule has 0 aliphatic heterocycles. The molecule has 9 heteroatoms. The highest BCUT2D eigenvalue weighted by Crippen LogP contribution is 2.68. The molecule has 0 spiro atoms. The molecule has 144 heavy (non-hydrogen) atoms. The van der Waals surface area contributed by atoms with E-state index in [-0.39, 0.29) is 79.8 Å². The van der Waals surface area contributed by atoms with Gasteiger partial charge in [-0.3, -0.25) is 0 Å². The third kappa shape index (κ3) is 15.5. The van der Waals surface area contributed by atoms with E-state index >= 15 is 0 Å². The Bertz CT molecular complexity index is 8240. The van der Waals surface area contributed by atoms with E-state index in [1.54, 1.807) is 11.3 Å². The van der Waals surface area contributed by atoms with E-state index in [9.17, 15) is 0 Å². The molecule has 5 nitrogen and oxygen atoms in total. The Morgan fingerprint density at radius 3 is 0.903 bits per heavy atom. The van der Waals surface area contributed by atoms with Crippen molar-refractivity contribution in [3.63, 3.8) is 0 Å². The van der Waals surface area contributed by atoms with Crippen LogP contribution in [0.3, 0.4) is 0 Å². The molecule has 4 aromatic heterocycles. The van der Waals surface area contributed by atoms with Gasteiger partial charge in [-0.15, -0.1) is 22.7 Å². The van der Waals surface area contributed by atoms with Gasteiger partial charge in [-0.2, -0.15) is 17.5 Å². The van der Waals surface area contributed by atoms with Crippen molar-refractivity contribution in [3.8, 4) is 74.0 Å². The van der Waals surface area contributed by atoms with Gasteiger partial charge in [-0.1, -0.05) is 411 Å². The lowest BCUT2D eigenvalue weighted by Gasteiger charge is -2.49. The van der Waals surface area contributed by atoms with Gasteiger partial charge in [0.1, 0.15) is 27.8 Å². The second-order valence-electron chi connectivity index (χ2n) is 48.5. The van der Waals surface area contributed by atoms with Crippen molar-refractivity contribution < 1.29 is 4.74 Å². The van der Waals surface area contributed by atoms with E-state index in [0.29, 0.717) is 6.61 Å². The fraction of sp³-hybridized carbons (Fsp3) is 0.348. The van der Waals surface area contributed by atoms with Crippen LogP contribution >= 0.6 is 46.1 Å². The molecule has 12 aromatic carbocycles. The molecule has 16 aromatic rings. The Hall–Kier alpha value is -12.3. The largest absolute Gasteiger partial charge is 0.492 e. The van der Waals surface area contributed by atoms with Gasteiger partial charge in [0.2, 0.25) is 0 Å². The van der Waals surface area contributed by atoms with Crippen LogP contribution in [0.15, 0.2) is 206 Å². The maximum absolute atomic E-state index is 7.77. The van der Waals surface area contributed by atoms with Crippen LogP contribution < -0.4 is 4.74 Å². The van der Waals surface area contributed by atoms with Gasteiger partial charge in [0, 0.05) is 106 Å². The maximum atomic E-state index is 7.77. The summed E-state index contributed by atoms with van der Waals surface area (Å²) in [7, 11) is 0. The van der Waals surface area contributed by atoms with E-state index in [1.165, 1.54) is 252 Å². The Kier molecular flexibility index (Phi) is 23.0. The normalized spacial score (nSPS) is 17.9. The molecule has 0 N–H and O–H groups in total. The zero-order valence-electron chi connectivity index (χ0n) is 87.3. The van der Waals surface area contributed by atoms with Crippen molar-refractivity contribution in [1.29, 1.82) is 0 Å². The smallest absolute Gasteiger partial charge is 0.141 e. The predicted molar refractivity (Wildman–Crippen MR) is 603 cm³/mol. The summed E-state index contributed by atoms with van der Waals surface area (Å²) in [6.45, 7) is 47.2. The summed E-state index contributed by atoms with van der Waals surface area (Å²) in [5.41, 5.74) is 48.9. The van der Waals surface area contributed by atoms with Gasteiger partial charge in [-0.25, -0.2) is 0 Å². The standard InChI is InChI=1S/C135H128N4OS4/c1-21-22-23-24-25-26-27-28-29-30-31-40-71-140-129-76(2)82(60-63-98-119-111-87-45-36-38-47-89(87)112(90-48-39-37-46-88(90)111)123(119)100(69-70-130(3,4)5)124-116-94-58-52-79(133(12,13)14)74-104(94)115(122(98)124)93-57-51-80(75-105(93)116)134(15,16)17)125-128(139-143-136-125)101(129)65-64-99-118-110-85-43-34-32-41-83(85)109(84-42-33-35-44-86(84)110)117(118)97(59-53-81-54-66-106(141-81)95-61-62-96(127-126(95)137-144-138-127)107-67-68-108(142-107)135(18,19)20)120-113-91-55-49-78(132(9,10)11)73-103(91)114(121(99)120)92-56-50-77(72-102(92)113)131(6,7)8/h32-39,41-52,54-58,61-62,66-68,72-75,109-116H,21-31,40,71H2,1-20H3/t109?,110?,111?,112?,113-,114?,115-,116?/m0/s1. The monoisotopic (exact) mass is 1950 g/mol. The number of nitrogens with zero attached hydrogens (tertiary/aromatic N) is 4. The van der Waals surface area contributed by atoms with Crippen molar-refractivity contribution in [2.24, 2.45) is 5.41 Å². The van der Waals surface area contributed by atoms with Gasteiger partial charge >= 0.3 is 0 Å². The summed E-state index contributed by atoms with van der Waals surface area (Å²) < 4.78 is 29.0. The molecule has 4 heterocycles. The lowest BCUT2D eigenvalue weighted by Crippen LogP contribution is -2.35. The van der Waals surface area contributed by atoms with Crippen LogP contribution in [0.1, 0.15) is 460 Å². The first-order chi connectivity index (χ1) is 69.2. The molecule has 12 aliphatic carbocycles. The van der Waals surface area contributed by atoms with E-state index in [1.807, 2.05) is 11.3 Å². The minimum absolute atomic E-state index is 0.0386. The van der Waals surface area contributed by atoms with Crippen molar-refractivity contribution in [3.05, 3.63) is 411 Å². The molecule has 8 bridgehead atoms. The van der Waals surface area contributed by atoms with E-state index in [2.05, 4.69) is 392 Å². The second-order valence-corrected chi connectivity index (χ2v) is 51.7. The first-order valence-electron chi connectivity index (χ1n) is 53.1. The van der Waals surface area contributed by atoms with E-state index in [4.69, 9.17) is 22.2 Å². The van der Waals surface area contributed by atoms with Crippen LogP contribution in [0.4, 0.5) is 0 Å². The number of thiophene rings is 2. The average molecular weight is 1950 g/mol. The maximum Gasteiger partial charge on any atom is 0.141 e. The molecule has 0 saturated heterocycles. The summed E-state index contributed by atoms with van der Waals surface area (Å²) in [5, 5.41) is 0. The molecule has 0 saturated carbocycles. The van der Waals surface area contributed by atoms with E-state index < -0.39 is 0 Å². The fourth-order valence-corrected chi connectivity index (χ4v) is 28.9. The quantitative estimate of drug-likeness (QED) is 0.0713. The van der Waals surface area contributed by atoms with Crippen LogP contribution in [0.2, 0.25) is 0 Å². The zero-order valence-corrected chi connectivity index (χ0v) is 90.5. The number of hydrogen-bond acceptors (Lipinski definition) is 9. The molecule has 28 rings (SSSR count). The molecule has 0 radical (unpaired) electrons. The molecular weight excluding hydrogens is 1820 g/mol. The highest BCUT2D eigenvalue weighted by molar-refractivity contribution is 7.16. The zero-order chi connectivity index (χ0) is 99.4. The van der Waals surface area contributed by atoms with Crippen molar-refractivity contribution >= 4 is 68.2 Å². The molecule has 0 amide bonds. The third-order valence-corrected chi connectivity index (χ3v) is 36.6. The Labute approximate surface area is 870 Å². The summed E-state index contributed by atoms with van der Waals surface area (Å²) >= 11 is 6.16. The summed E-state index contributed by atoms with van der Waals surface area (Å²) in [4.78, 5) is 4.67. The van der Waals surface area contributed by atoms with Crippen LogP contribution in [0.5, 0.6) is 5.75 Å². The van der Waals surface area contributed by atoms with Gasteiger partial charge < -0.3 is 4.74 Å². The number of unbranched alkanes of at least 4 members (excludes halogenated alkanes) is 11. The van der Waals surface area contributed by atoms with Gasteiger partial charge in [0.25, 0.3) is 0 Å². The first kappa shape index (κ1) is 94.0. The Morgan fingerprint density at radius 1 is 0.271 bits per heavy atom. The van der Waals surface area contributed by atoms with Crippen molar-refractivity contribution in [1.82, 2.24) is 17.5 Å². The summed E-state index contributed by atoms with van der Waals surface area (Å²) in [6, 6.07) is 81.0. The molecule has 2 unspecified atom stereocenters. The minimum atomic E-state index is -0.300. The van der Waals surface area contributed by atoms with Gasteiger partial charge in [-0.05, 0) is 241 Å². The van der Waals surface area contributed by atoms with Crippen LogP contribution in [0, 0.1) is 59.7 Å².